The van der Waals surface area contributed by atoms with Crippen molar-refractivity contribution in [2.24, 2.45) is 0 Å². The molecule has 0 spiro atoms. The van der Waals surface area contributed by atoms with Crippen molar-refractivity contribution in [1.82, 2.24) is 4.90 Å². The zero-order chi connectivity index (χ0) is 13.7. The molecule has 5 heteroatoms. The van der Waals surface area contributed by atoms with E-state index in [-0.39, 0.29) is 5.75 Å². The lowest BCUT2D eigenvalue weighted by molar-refractivity contribution is 0.321. The monoisotopic (exact) mass is 255 g/mol. The molecule has 0 aliphatic heterocycles. The van der Waals surface area contributed by atoms with Crippen molar-refractivity contribution in [3.05, 3.63) is 17.9 Å². The Balaban J connectivity index is 2.78. The molecule has 0 aliphatic rings. The van der Waals surface area contributed by atoms with E-state index in [0.29, 0.717) is 24.0 Å². The third-order valence-corrected chi connectivity index (χ3v) is 2.87. The number of rotatable bonds is 6. The maximum absolute atomic E-state index is 13.5. The topological polar surface area (TPSA) is 50.5 Å². The standard InChI is InChI=1S/C13H22FN3O/c1-5-18-13-7-12(11(15)6-10(13)14)16-8-9(2)17(3)4/h6-7,9,16H,5,8,15H2,1-4H3. The number of halogens is 1. The van der Waals surface area contributed by atoms with Gasteiger partial charge in [-0.15, -0.1) is 0 Å². The molecule has 0 aliphatic carbocycles. The molecule has 0 bridgehead atoms. The van der Waals surface area contributed by atoms with Gasteiger partial charge in [-0.2, -0.15) is 0 Å². The highest BCUT2D eigenvalue weighted by Crippen LogP contribution is 2.28. The van der Waals surface area contributed by atoms with Crippen molar-refractivity contribution in [2.45, 2.75) is 19.9 Å². The summed E-state index contributed by atoms with van der Waals surface area (Å²) in [6.07, 6.45) is 0. The molecule has 3 N–H and O–H groups in total. The fraction of sp³-hybridized carbons (Fsp3) is 0.538. The van der Waals surface area contributed by atoms with E-state index in [1.165, 1.54) is 6.07 Å². The third kappa shape index (κ3) is 3.77. The number of nitrogens with two attached hydrogens (primary N) is 1. The third-order valence-electron chi connectivity index (χ3n) is 2.87. The molecule has 4 nitrogen and oxygen atoms in total. The van der Waals surface area contributed by atoms with Gasteiger partial charge in [0.2, 0.25) is 0 Å². The minimum absolute atomic E-state index is 0.228. The van der Waals surface area contributed by atoms with Crippen LogP contribution in [0, 0.1) is 5.82 Å². The van der Waals surface area contributed by atoms with Crippen LogP contribution < -0.4 is 15.8 Å². The Kier molecular flexibility index (Phi) is 5.22. The second kappa shape index (κ2) is 6.44. The molecule has 102 valence electrons. The summed E-state index contributed by atoms with van der Waals surface area (Å²) in [5.74, 6) is -0.202. The Bertz CT molecular complexity index is 396. The molecule has 0 amide bonds. The summed E-state index contributed by atoms with van der Waals surface area (Å²) in [4.78, 5) is 2.09. The van der Waals surface area contributed by atoms with Crippen LogP contribution in [-0.4, -0.2) is 38.2 Å². The number of hydrogen-bond donors (Lipinski definition) is 2. The molecule has 1 aromatic rings. The predicted molar refractivity (Wildman–Crippen MR) is 73.6 cm³/mol. The minimum atomic E-state index is -0.430. The van der Waals surface area contributed by atoms with E-state index in [9.17, 15) is 4.39 Å². The lowest BCUT2D eigenvalue weighted by Crippen LogP contribution is -2.31. The Morgan fingerprint density at radius 3 is 2.67 bits per heavy atom. The molecule has 1 atom stereocenters. The summed E-state index contributed by atoms with van der Waals surface area (Å²) in [5, 5.41) is 3.21. The average Bonchev–Trinajstić information content (AvgIpc) is 2.30. The van der Waals surface area contributed by atoms with E-state index >= 15 is 0 Å². The van der Waals surface area contributed by atoms with E-state index in [0.717, 1.165) is 6.54 Å². The average molecular weight is 255 g/mol. The van der Waals surface area contributed by atoms with E-state index in [1.54, 1.807) is 6.07 Å². The van der Waals surface area contributed by atoms with E-state index in [4.69, 9.17) is 10.5 Å². The fourth-order valence-corrected chi connectivity index (χ4v) is 1.43. The second-order valence-corrected chi connectivity index (χ2v) is 4.50. The predicted octanol–water partition coefficient (Wildman–Crippen LogP) is 2.17. The molecular formula is C13H22FN3O. The Morgan fingerprint density at radius 2 is 2.11 bits per heavy atom. The molecule has 1 aromatic carbocycles. The highest BCUT2D eigenvalue weighted by Gasteiger charge is 2.10. The molecule has 0 heterocycles. The van der Waals surface area contributed by atoms with Crippen LogP contribution in [0.3, 0.4) is 0 Å². The molecule has 0 fully saturated rings. The van der Waals surface area contributed by atoms with E-state index in [1.807, 2.05) is 21.0 Å². The fourth-order valence-electron chi connectivity index (χ4n) is 1.43. The minimum Gasteiger partial charge on any atom is -0.491 e. The lowest BCUT2D eigenvalue weighted by atomic mass is 10.2. The van der Waals surface area contributed by atoms with Gasteiger partial charge in [0.05, 0.1) is 18.0 Å². The molecule has 1 unspecified atom stereocenters. The summed E-state index contributed by atoms with van der Waals surface area (Å²) < 4.78 is 18.7. The highest BCUT2D eigenvalue weighted by molar-refractivity contribution is 5.68. The van der Waals surface area contributed by atoms with Gasteiger partial charge < -0.3 is 20.7 Å². The van der Waals surface area contributed by atoms with Gasteiger partial charge in [-0.05, 0) is 27.9 Å². The second-order valence-electron chi connectivity index (χ2n) is 4.50. The van der Waals surface area contributed by atoms with Gasteiger partial charge in [-0.1, -0.05) is 0 Å². The SMILES string of the molecule is CCOc1cc(NCC(C)N(C)C)c(N)cc1F. The molecule has 18 heavy (non-hydrogen) atoms. The number of nitrogen functional groups attached to an aromatic ring is 1. The van der Waals surface area contributed by atoms with Gasteiger partial charge in [-0.3, -0.25) is 0 Å². The van der Waals surface area contributed by atoms with Crippen LogP contribution in [0.25, 0.3) is 0 Å². The number of anilines is 2. The molecular weight excluding hydrogens is 233 g/mol. The number of likely N-dealkylation sites (N-methyl/N-ethyl adjacent to an activating group) is 1. The first kappa shape index (κ1) is 14.6. The summed E-state index contributed by atoms with van der Waals surface area (Å²) >= 11 is 0. The summed E-state index contributed by atoms with van der Waals surface area (Å²) in [7, 11) is 4.01. The molecule has 0 saturated carbocycles. The number of nitrogens with zero attached hydrogens (tertiary/aromatic N) is 1. The number of hydrogen-bond acceptors (Lipinski definition) is 4. The largest absolute Gasteiger partial charge is 0.491 e. The van der Waals surface area contributed by atoms with Gasteiger partial charge in [0, 0.05) is 24.7 Å². The Labute approximate surface area is 108 Å². The van der Waals surface area contributed by atoms with Crippen LogP contribution in [-0.2, 0) is 0 Å². The van der Waals surface area contributed by atoms with E-state index in [2.05, 4.69) is 17.1 Å². The number of benzene rings is 1. The van der Waals surface area contributed by atoms with Crippen LogP contribution >= 0.6 is 0 Å². The quantitative estimate of drug-likeness (QED) is 0.765. The zero-order valence-electron chi connectivity index (χ0n) is 11.5. The normalized spacial score (nSPS) is 12.6. The van der Waals surface area contributed by atoms with Crippen LogP contribution in [0.5, 0.6) is 5.75 Å². The molecule has 1 rings (SSSR count). The van der Waals surface area contributed by atoms with Gasteiger partial charge >= 0.3 is 0 Å². The first-order valence-corrected chi connectivity index (χ1v) is 6.07. The Hall–Kier alpha value is -1.49. The zero-order valence-corrected chi connectivity index (χ0v) is 11.5. The Morgan fingerprint density at radius 1 is 1.44 bits per heavy atom. The van der Waals surface area contributed by atoms with Crippen molar-refractivity contribution >= 4 is 11.4 Å². The van der Waals surface area contributed by atoms with E-state index < -0.39 is 5.82 Å². The number of nitrogens with one attached hydrogen (secondary N) is 1. The van der Waals surface area contributed by atoms with Gasteiger partial charge in [0.15, 0.2) is 11.6 Å². The molecule has 0 aromatic heterocycles. The first-order valence-electron chi connectivity index (χ1n) is 6.07. The smallest absolute Gasteiger partial charge is 0.167 e. The van der Waals surface area contributed by atoms with Crippen LogP contribution in [0.2, 0.25) is 0 Å². The van der Waals surface area contributed by atoms with Crippen LogP contribution in [0.15, 0.2) is 12.1 Å². The van der Waals surface area contributed by atoms with Crippen molar-refractivity contribution < 1.29 is 9.13 Å². The van der Waals surface area contributed by atoms with Gasteiger partial charge in [0.1, 0.15) is 0 Å². The van der Waals surface area contributed by atoms with Gasteiger partial charge in [-0.25, -0.2) is 4.39 Å². The maximum Gasteiger partial charge on any atom is 0.167 e. The van der Waals surface area contributed by atoms with Crippen molar-refractivity contribution in [3.63, 3.8) is 0 Å². The van der Waals surface area contributed by atoms with Crippen LogP contribution in [0.1, 0.15) is 13.8 Å². The summed E-state index contributed by atoms with van der Waals surface area (Å²) in [5.41, 5.74) is 6.87. The summed E-state index contributed by atoms with van der Waals surface area (Å²) in [6.45, 7) is 5.07. The van der Waals surface area contributed by atoms with Crippen molar-refractivity contribution in [2.75, 3.05) is 38.3 Å². The van der Waals surface area contributed by atoms with Crippen molar-refractivity contribution in [3.8, 4) is 5.75 Å². The number of ether oxygens (including phenoxy) is 1. The first-order chi connectivity index (χ1) is 8.45. The molecule has 0 radical (unpaired) electrons. The van der Waals surface area contributed by atoms with Crippen LogP contribution in [0.4, 0.5) is 15.8 Å². The maximum atomic E-state index is 13.5. The summed E-state index contributed by atoms with van der Waals surface area (Å²) in [6, 6.07) is 3.24. The molecule has 0 saturated heterocycles. The highest BCUT2D eigenvalue weighted by atomic mass is 19.1. The van der Waals surface area contributed by atoms with Crippen molar-refractivity contribution in [1.29, 1.82) is 0 Å². The van der Waals surface area contributed by atoms with Gasteiger partial charge in [0.25, 0.3) is 0 Å². The lowest BCUT2D eigenvalue weighted by Gasteiger charge is -2.21.